The van der Waals surface area contributed by atoms with Crippen molar-refractivity contribution in [1.82, 2.24) is 4.90 Å². The molecular weight excluding hydrogens is 138 g/mol. The first kappa shape index (κ1) is 9.01. The Labute approximate surface area is 69.2 Å². The van der Waals surface area contributed by atoms with Gasteiger partial charge in [-0.1, -0.05) is 12.8 Å². The summed E-state index contributed by atoms with van der Waals surface area (Å²) < 4.78 is 0. The Hall–Kier alpha value is -0.0800. The highest BCUT2D eigenvalue weighted by Crippen LogP contribution is 2.22. The second kappa shape index (κ2) is 4.73. The van der Waals surface area contributed by atoms with Crippen LogP contribution in [0.1, 0.15) is 25.7 Å². The van der Waals surface area contributed by atoms with Crippen LogP contribution in [0.25, 0.3) is 0 Å². The molecule has 0 aromatic rings. The van der Waals surface area contributed by atoms with Crippen LogP contribution in [0.3, 0.4) is 0 Å². The quantitative estimate of drug-likeness (QED) is 0.658. The second-order valence-electron chi connectivity index (χ2n) is 3.20. The van der Waals surface area contributed by atoms with Gasteiger partial charge in [0, 0.05) is 12.6 Å². The molecule has 1 N–H and O–H groups in total. The van der Waals surface area contributed by atoms with Crippen LogP contribution < -0.4 is 0 Å². The first-order chi connectivity index (χ1) is 5.38. The van der Waals surface area contributed by atoms with E-state index in [1.165, 1.54) is 25.7 Å². The summed E-state index contributed by atoms with van der Waals surface area (Å²) in [7, 11) is 0. The molecule has 0 aliphatic heterocycles. The van der Waals surface area contributed by atoms with Crippen molar-refractivity contribution >= 4 is 0 Å². The van der Waals surface area contributed by atoms with Gasteiger partial charge in [0.2, 0.25) is 0 Å². The van der Waals surface area contributed by atoms with Gasteiger partial charge in [-0.05, 0) is 26.3 Å². The molecule has 1 aliphatic rings. The van der Waals surface area contributed by atoms with Crippen molar-refractivity contribution in [3.05, 3.63) is 6.92 Å². The Morgan fingerprint density at radius 3 is 2.45 bits per heavy atom. The maximum absolute atomic E-state index is 8.76. The van der Waals surface area contributed by atoms with Gasteiger partial charge in [-0.25, -0.2) is 0 Å². The number of hydrogen-bond acceptors (Lipinski definition) is 2. The Morgan fingerprint density at radius 2 is 2.00 bits per heavy atom. The molecule has 0 unspecified atom stereocenters. The zero-order valence-electron chi connectivity index (χ0n) is 7.13. The van der Waals surface area contributed by atoms with Gasteiger partial charge in [0.1, 0.15) is 0 Å². The fourth-order valence-corrected chi connectivity index (χ4v) is 1.87. The fourth-order valence-electron chi connectivity index (χ4n) is 1.87. The molecule has 1 aliphatic carbocycles. The van der Waals surface area contributed by atoms with E-state index in [9.17, 15) is 0 Å². The summed E-state index contributed by atoms with van der Waals surface area (Å²) in [6, 6.07) is 0.708. The minimum atomic E-state index is 0.270. The van der Waals surface area contributed by atoms with Crippen LogP contribution in [-0.2, 0) is 0 Å². The molecular formula is C9H18NO. The van der Waals surface area contributed by atoms with Gasteiger partial charge in [-0.2, -0.15) is 0 Å². The lowest BCUT2D eigenvalue weighted by Crippen LogP contribution is -2.35. The molecule has 2 heteroatoms. The highest BCUT2D eigenvalue weighted by molar-refractivity contribution is 4.77. The molecule has 2 nitrogen and oxygen atoms in total. The third-order valence-corrected chi connectivity index (χ3v) is 2.52. The number of hydrogen-bond donors (Lipinski definition) is 1. The lowest BCUT2D eigenvalue weighted by atomic mass is 10.2. The molecule has 1 radical (unpaired) electrons. The Balaban J connectivity index is 2.27. The van der Waals surface area contributed by atoms with Gasteiger partial charge in [-0.3, -0.25) is 4.90 Å². The van der Waals surface area contributed by atoms with E-state index in [1.54, 1.807) is 0 Å². The smallest absolute Gasteiger partial charge is 0.0558 e. The molecule has 1 rings (SSSR count). The van der Waals surface area contributed by atoms with E-state index in [-0.39, 0.29) is 6.61 Å². The van der Waals surface area contributed by atoms with Crippen molar-refractivity contribution in [2.45, 2.75) is 31.7 Å². The summed E-state index contributed by atoms with van der Waals surface area (Å²) in [4.78, 5) is 2.28. The molecule has 65 valence electrons. The molecule has 0 aromatic carbocycles. The maximum Gasteiger partial charge on any atom is 0.0558 e. The highest BCUT2D eigenvalue weighted by Gasteiger charge is 2.20. The lowest BCUT2D eigenvalue weighted by molar-refractivity contribution is 0.165. The summed E-state index contributed by atoms with van der Waals surface area (Å²) in [5.74, 6) is 0. The molecule has 11 heavy (non-hydrogen) atoms. The van der Waals surface area contributed by atoms with E-state index < -0.39 is 0 Å². The third-order valence-electron chi connectivity index (χ3n) is 2.52. The first-order valence-electron chi connectivity index (χ1n) is 4.52. The largest absolute Gasteiger partial charge is 0.395 e. The molecule has 0 atom stereocenters. The number of nitrogens with zero attached hydrogens (tertiary/aromatic N) is 1. The van der Waals surface area contributed by atoms with Gasteiger partial charge in [-0.15, -0.1) is 0 Å². The van der Waals surface area contributed by atoms with E-state index in [1.807, 2.05) is 0 Å². The average molecular weight is 156 g/mol. The van der Waals surface area contributed by atoms with E-state index in [2.05, 4.69) is 11.8 Å². The molecule has 0 aromatic heterocycles. The van der Waals surface area contributed by atoms with Gasteiger partial charge < -0.3 is 5.11 Å². The SMILES string of the molecule is [CH2]CN(CCO)C1CCCC1. The predicted octanol–water partition coefficient (Wildman–Crippen LogP) is 1.06. The lowest BCUT2D eigenvalue weighted by Gasteiger charge is -2.26. The Morgan fingerprint density at radius 1 is 1.36 bits per heavy atom. The molecule has 0 heterocycles. The number of aliphatic hydroxyl groups excluding tert-OH is 1. The minimum absolute atomic E-state index is 0.270. The van der Waals surface area contributed by atoms with Crippen LogP contribution >= 0.6 is 0 Å². The average Bonchev–Trinajstić information content (AvgIpc) is 2.52. The zero-order chi connectivity index (χ0) is 8.10. The highest BCUT2D eigenvalue weighted by atomic mass is 16.3. The van der Waals surface area contributed by atoms with Crippen LogP contribution in [0.4, 0.5) is 0 Å². The van der Waals surface area contributed by atoms with Crippen LogP contribution in [0.2, 0.25) is 0 Å². The maximum atomic E-state index is 8.76. The normalized spacial score (nSPS) is 19.9. The Kier molecular flexibility index (Phi) is 3.87. The van der Waals surface area contributed by atoms with Crippen molar-refractivity contribution in [2.24, 2.45) is 0 Å². The fraction of sp³-hybridized carbons (Fsp3) is 0.889. The monoisotopic (exact) mass is 156 g/mol. The molecule has 0 spiro atoms. The summed E-state index contributed by atoms with van der Waals surface area (Å²) in [6.07, 6.45) is 5.31. The third kappa shape index (κ3) is 2.46. The summed E-state index contributed by atoms with van der Waals surface area (Å²) >= 11 is 0. The van der Waals surface area contributed by atoms with Gasteiger partial charge >= 0.3 is 0 Å². The molecule has 0 bridgehead atoms. The van der Waals surface area contributed by atoms with Crippen LogP contribution in [-0.4, -0.2) is 35.7 Å². The van der Waals surface area contributed by atoms with Crippen LogP contribution in [0.5, 0.6) is 0 Å². The number of rotatable bonds is 4. The summed E-state index contributed by atoms with van der Waals surface area (Å²) in [5.41, 5.74) is 0. The summed E-state index contributed by atoms with van der Waals surface area (Å²) in [6.45, 7) is 5.77. The second-order valence-corrected chi connectivity index (χ2v) is 3.20. The van der Waals surface area contributed by atoms with Crippen molar-refractivity contribution in [3.8, 4) is 0 Å². The zero-order valence-corrected chi connectivity index (χ0v) is 7.13. The van der Waals surface area contributed by atoms with Crippen molar-refractivity contribution in [2.75, 3.05) is 19.7 Å². The van der Waals surface area contributed by atoms with Crippen molar-refractivity contribution in [1.29, 1.82) is 0 Å². The first-order valence-corrected chi connectivity index (χ1v) is 4.52. The van der Waals surface area contributed by atoms with E-state index >= 15 is 0 Å². The molecule has 1 saturated carbocycles. The molecule has 0 amide bonds. The Bertz CT molecular complexity index is 99.7. The van der Waals surface area contributed by atoms with Gasteiger partial charge in [0.15, 0.2) is 0 Å². The standard InChI is InChI=1S/C9H18NO/c1-2-10(7-8-11)9-5-3-4-6-9/h9,11H,1-8H2. The van der Waals surface area contributed by atoms with Crippen LogP contribution in [0.15, 0.2) is 0 Å². The summed E-state index contributed by atoms with van der Waals surface area (Å²) in [5, 5.41) is 8.76. The van der Waals surface area contributed by atoms with Crippen molar-refractivity contribution < 1.29 is 5.11 Å². The topological polar surface area (TPSA) is 23.5 Å². The van der Waals surface area contributed by atoms with Crippen LogP contribution in [0, 0.1) is 6.92 Å². The van der Waals surface area contributed by atoms with Crippen molar-refractivity contribution in [3.63, 3.8) is 0 Å². The van der Waals surface area contributed by atoms with E-state index in [0.29, 0.717) is 6.04 Å². The van der Waals surface area contributed by atoms with E-state index in [4.69, 9.17) is 5.11 Å². The molecule has 0 saturated heterocycles. The van der Waals surface area contributed by atoms with Gasteiger partial charge in [0.05, 0.1) is 6.61 Å². The predicted molar refractivity (Wildman–Crippen MR) is 46.3 cm³/mol. The van der Waals surface area contributed by atoms with E-state index in [0.717, 1.165) is 13.1 Å². The minimum Gasteiger partial charge on any atom is -0.395 e. The van der Waals surface area contributed by atoms with Gasteiger partial charge in [0.25, 0.3) is 0 Å². The number of aliphatic hydroxyl groups is 1. The molecule has 1 fully saturated rings.